The van der Waals surface area contributed by atoms with Gasteiger partial charge in [0.15, 0.2) is 5.78 Å². The van der Waals surface area contributed by atoms with Crippen molar-refractivity contribution in [2.45, 2.75) is 31.9 Å². The normalized spacial score (nSPS) is 15.2. The van der Waals surface area contributed by atoms with E-state index < -0.39 is 6.10 Å². The molecular formula is C21H28N4O2. The Balaban J connectivity index is 1.46. The van der Waals surface area contributed by atoms with E-state index in [0.717, 1.165) is 19.5 Å². The maximum atomic E-state index is 12.4. The zero-order valence-corrected chi connectivity index (χ0v) is 15.6. The van der Waals surface area contributed by atoms with Crippen molar-refractivity contribution in [2.75, 3.05) is 31.5 Å². The molecule has 0 saturated heterocycles. The van der Waals surface area contributed by atoms with E-state index in [1.165, 1.54) is 11.1 Å². The molecule has 0 amide bonds. The Morgan fingerprint density at radius 2 is 2.11 bits per heavy atom. The van der Waals surface area contributed by atoms with Crippen molar-refractivity contribution in [3.05, 3.63) is 59.3 Å². The van der Waals surface area contributed by atoms with Gasteiger partial charge in [-0.25, -0.2) is 4.98 Å². The van der Waals surface area contributed by atoms with Gasteiger partial charge in [-0.05, 0) is 36.1 Å². The number of β-amino-alcohol motifs (C(OH)–C–C–N with tert-alkyl or cyclic N) is 1. The first-order valence-electron chi connectivity index (χ1n) is 9.56. The van der Waals surface area contributed by atoms with Gasteiger partial charge in [0.2, 0.25) is 0 Å². The summed E-state index contributed by atoms with van der Waals surface area (Å²) in [6, 6.07) is 11.9. The molecule has 1 aromatic heterocycles. The zero-order chi connectivity index (χ0) is 19.1. The molecule has 0 radical (unpaired) electrons. The van der Waals surface area contributed by atoms with Gasteiger partial charge in [0, 0.05) is 50.9 Å². The van der Waals surface area contributed by atoms with Crippen LogP contribution in [0.2, 0.25) is 0 Å². The minimum absolute atomic E-state index is 0.0243. The molecular weight excluding hydrogens is 340 g/mol. The van der Waals surface area contributed by atoms with E-state index >= 15 is 0 Å². The Labute approximate surface area is 160 Å². The summed E-state index contributed by atoms with van der Waals surface area (Å²) in [5, 5.41) is 13.5. The molecule has 0 saturated carbocycles. The lowest BCUT2D eigenvalue weighted by Gasteiger charge is -2.30. The minimum Gasteiger partial charge on any atom is -0.392 e. The summed E-state index contributed by atoms with van der Waals surface area (Å²) >= 11 is 0. The molecule has 0 fully saturated rings. The number of nitrogens with two attached hydrogens (primary N) is 1. The lowest BCUT2D eigenvalue weighted by Crippen LogP contribution is -2.36. The third kappa shape index (κ3) is 5.60. The van der Waals surface area contributed by atoms with E-state index in [9.17, 15) is 9.90 Å². The summed E-state index contributed by atoms with van der Waals surface area (Å²) in [4.78, 5) is 18.9. The summed E-state index contributed by atoms with van der Waals surface area (Å²) in [5.74, 6) is 0.676. The van der Waals surface area contributed by atoms with Crippen molar-refractivity contribution >= 4 is 11.6 Å². The van der Waals surface area contributed by atoms with Crippen LogP contribution in [0.1, 0.15) is 34.3 Å². The number of nitrogens with one attached hydrogen (secondary N) is 1. The lowest BCUT2D eigenvalue weighted by molar-refractivity contribution is 0.0837. The number of aromatic nitrogens is 1. The Kier molecular flexibility index (Phi) is 6.92. The summed E-state index contributed by atoms with van der Waals surface area (Å²) in [7, 11) is 0. The van der Waals surface area contributed by atoms with Crippen molar-refractivity contribution in [1.82, 2.24) is 9.88 Å². The van der Waals surface area contributed by atoms with Crippen molar-refractivity contribution in [1.29, 1.82) is 0 Å². The fourth-order valence-corrected chi connectivity index (χ4v) is 3.44. The SMILES string of the molecule is NCCNc1cc(C(=O)CC[C@H](O)CN2CCc3ccccc3C2)ccn1. The maximum Gasteiger partial charge on any atom is 0.163 e. The average Bonchev–Trinajstić information content (AvgIpc) is 2.70. The van der Waals surface area contributed by atoms with E-state index in [-0.39, 0.29) is 5.78 Å². The van der Waals surface area contributed by atoms with Crippen LogP contribution in [0.4, 0.5) is 5.82 Å². The molecule has 2 heterocycles. The molecule has 6 heteroatoms. The zero-order valence-electron chi connectivity index (χ0n) is 15.6. The first-order valence-corrected chi connectivity index (χ1v) is 9.56. The minimum atomic E-state index is -0.504. The predicted octanol–water partition coefficient (Wildman–Crippen LogP) is 1.83. The van der Waals surface area contributed by atoms with Gasteiger partial charge in [0.1, 0.15) is 5.82 Å². The number of aliphatic hydroxyl groups excluding tert-OH is 1. The number of ketones is 1. The molecule has 144 valence electrons. The average molecular weight is 368 g/mol. The number of rotatable bonds is 9. The molecule has 1 aliphatic heterocycles. The highest BCUT2D eigenvalue weighted by molar-refractivity contribution is 5.96. The molecule has 6 nitrogen and oxygen atoms in total. The van der Waals surface area contributed by atoms with E-state index in [2.05, 4.69) is 39.5 Å². The quantitative estimate of drug-likeness (QED) is 0.585. The molecule has 3 rings (SSSR count). The van der Waals surface area contributed by atoms with Crippen LogP contribution in [0.15, 0.2) is 42.6 Å². The summed E-state index contributed by atoms with van der Waals surface area (Å²) in [5.41, 5.74) is 8.82. The highest BCUT2D eigenvalue weighted by atomic mass is 16.3. The summed E-state index contributed by atoms with van der Waals surface area (Å²) in [6.45, 7) is 3.53. The number of hydrogen-bond acceptors (Lipinski definition) is 6. The molecule has 1 atom stereocenters. The number of aliphatic hydroxyl groups is 1. The Morgan fingerprint density at radius 1 is 1.30 bits per heavy atom. The fraction of sp³-hybridized carbons (Fsp3) is 0.429. The standard InChI is InChI=1S/C21H28N4O2/c22-9-11-24-21-13-17(7-10-23-21)20(27)6-5-19(26)15-25-12-8-16-3-1-2-4-18(16)14-25/h1-4,7,10,13,19,26H,5-6,8-9,11-12,14-15,22H2,(H,23,24)/t19-/m0/s1. The van der Waals surface area contributed by atoms with Crippen molar-refractivity contribution in [3.63, 3.8) is 0 Å². The summed E-state index contributed by atoms with van der Waals surface area (Å²) in [6.07, 6.45) is 2.91. The van der Waals surface area contributed by atoms with E-state index in [4.69, 9.17) is 5.73 Å². The third-order valence-electron chi connectivity index (χ3n) is 4.92. The van der Waals surface area contributed by atoms with Crippen LogP contribution in [0.3, 0.4) is 0 Å². The Hall–Kier alpha value is -2.28. The second kappa shape index (κ2) is 9.60. The van der Waals surface area contributed by atoms with Crippen LogP contribution >= 0.6 is 0 Å². The van der Waals surface area contributed by atoms with Gasteiger partial charge in [-0.15, -0.1) is 0 Å². The van der Waals surface area contributed by atoms with Gasteiger partial charge in [0.05, 0.1) is 6.10 Å². The molecule has 2 aromatic rings. The molecule has 4 N–H and O–H groups in total. The predicted molar refractivity (Wildman–Crippen MR) is 107 cm³/mol. The number of benzene rings is 1. The van der Waals surface area contributed by atoms with Crippen molar-refractivity contribution in [2.24, 2.45) is 5.73 Å². The number of hydrogen-bond donors (Lipinski definition) is 3. The van der Waals surface area contributed by atoms with Gasteiger partial charge in [-0.2, -0.15) is 0 Å². The van der Waals surface area contributed by atoms with Crippen LogP contribution < -0.4 is 11.1 Å². The number of carbonyl (C=O) groups is 1. The second-order valence-corrected chi connectivity index (χ2v) is 7.01. The molecule has 1 aliphatic rings. The summed E-state index contributed by atoms with van der Waals surface area (Å²) < 4.78 is 0. The van der Waals surface area contributed by atoms with Gasteiger partial charge in [0.25, 0.3) is 0 Å². The molecule has 0 spiro atoms. The van der Waals surface area contributed by atoms with Crippen LogP contribution in [0.25, 0.3) is 0 Å². The maximum absolute atomic E-state index is 12.4. The van der Waals surface area contributed by atoms with E-state index in [0.29, 0.717) is 43.9 Å². The van der Waals surface area contributed by atoms with E-state index in [1.807, 2.05) is 0 Å². The molecule has 1 aromatic carbocycles. The number of carbonyl (C=O) groups excluding carboxylic acids is 1. The Bertz CT molecular complexity index is 765. The molecule has 0 unspecified atom stereocenters. The molecule has 0 bridgehead atoms. The van der Waals surface area contributed by atoms with Gasteiger partial charge in [-0.3, -0.25) is 9.69 Å². The molecule has 0 aliphatic carbocycles. The first-order chi connectivity index (χ1) is 13.2. The van der Waals surface area contributed by atoms with Crippen molar-refractivity contribution in [3.8, 4) is 0 Å². The number of nitrogens with zero attached hydrogens (tertiary/aromatic N) is 2. The highest BCUT2D eigenvalue weighted by Crippen LogP contribution is 2.19. The van der Waals surface area contributed by atoms with Gasteiger partial charge >= 0.3 is 0 Å². The topological polar surface area (TPSA) is 91.5 Å². The number of anilines is 1. The monoisotopic (exact) mass is 368 g/mol. The van der Waals surface area contributed by atoms with Crippen LogP contribution in [-0.2, 0) is 13.0 Å². The molecule has 27 heavy (non-hydrogen) atoms. The van der Waals surface area contributed by atoms with Crippen LogP contribution in [0, 0.1) is 0 Å². The third-order valence-corrected chi connectivity index (χ3v) is 4.92. The van der Waals surface area contributed by atoms with E-state index in [1.54, 1.807) is 18.3 Å². The number of pyridine rings is 1. The van der Waals surface area contributed by atoms with Gasteiger partial charge < -0.3 is 16.2 Å². The highest BCUT2D eigenvalue weighted by Gasteiger charge is 2.19. The van der Waals surface area contributed by atoms with Gasteiger partial charge in [-0.1, -0.05) is 24.3 Å². The van der Waals surface area contributed by atoms with Crippen molar-refractivity contribution < 1.29 is 9.90 Å². The lowest BCUT2D eigenvalue weighted by atomic mass is 9.99. The fourth-order valence-electron chi connectivity index (χ4n) is 3.44. The smallest absolute Gasteiger partial charge is 0.163 e. The first kappa shape index (κ1) is 19.5. The van der Waals surface area contributed by atoms with Crippen LogP contribution in [-0.4, -0.2) is 53.1 Å². The number of fused-ring (bicyclic) bond motifs is 1. The largest absolute Gasteiger partial charge is 0.392 e. The van der Waals surface area contributed by atoms with Crippen LogP contribution in [0.5, 0.6) is 0 Å². The Morgan fingerprint density at radius 3 is 2.93 bits per heavy atom. The number of Topliss-reactive ketones (excluding diaryl/α,β-unsaturated/α-hetero) is 1. The second-order valence-electron chi connectivity index (χ2n) is 7.01.